The highest BCUT2D eigenvalue weighted by atomic mass is 32.1. The van der Waals surface area contributed by atoms with Crippen LogP contribution in [0.3, 0.4) is 0 Å². The Hall–Kier alpha value is -3.70. The average molecular weight is 458 g/mol. The van der Waals surface area contributed by atoms with Crippen molar-refractivity contribution in [2.24, 2.45) is 0 Å². The number of benzene rings is 2. The van der Waals surface area contributed by atoms with Crippen LogP contribution in [0.2, 0.25) is 0 Å². The molecule has 1 unspecified atom stereocenters. The van der Waals surface area contributed by atoms with E-state index in [4.69, 9.17) is 12.2 Å². The molecule has 0 saturated heterocycles. The molecule has 11 heteroatoms. The van der Waals surface area contributed by atoms with Crippen LogP contribution < -0.4 is 16.2 Å². The highest BCUT2D eigenvalue weighted by Crippen LogP contribution is 2.38. The van der Waals surface area contributed by atoms with Crippen molar-refractivity contribution < 1.29 is 18.7 Å². The summed E-state index contributed by atoms with van der Waals surface area (Å²) in [7, 11) is 1.60. The lowest BCUT2D eigenvalue weighted by atomic mass is 9.82. The quantitative estimate of drug-likeness (QED) is 0.330. The van der Waals surface area contributed by atoms with E-state index in [-0.39, 0.29) is 22.8 Å². The first kappa shape index (κ1) is 23.0. The maximum atomic E-state index is 14.6. The van der Waals surface area contributed by atoms with Gasteiger partial charge < -0.3 is 10.4 Å². The maximum Gasteiger partial charge on any atom is 0.269 e. The molecule has 0 fully saturated rings. The predicted molar refractivity (Wildman–Crippen MR) is 118 cm³/mol. The Kier molecular flexibility index (Phi) is 6.91. The van der Waals surface area contributed by atoms with Crippen molar-refractivity contribution in [1.82, 2.24) is 30.9 Å². The van der Waals surface area contributed by atoms with Crippen LogP contribution >= 0.6 is 12.2 Å². The number of aromatic nitrogens is 3. The molecule has 166 valence electrons. The molecule has 3 rings (SSSR count). The SMILES string of the molecule is C=C(c1ccc(C(=O)NNC(=S)NC)cc1)C(O)(Cn1cncn1)c1ccc(F)cc1F. The summed E-state index contributed by atoms with van der Waals surface area (Å²) < 4.78 is 29.4. The van der Waals surface area contributed by atoms with E-state index in [0.717, 1.165) is 12.1 Å². The highest BCUT2D eigenvalue weighted by molar-refractivity contribution is 7.80. The number of halogens is 2. The van der Waals surface area contributed by atoms with Gasteiger partial charge in [-0.1, -0.05) is 18.7 Å². The van der Waals surface area contributed by atoms with Crippen LogP contribution in [-0.2, 0) is 12.1 Å². The Balaban J connectivity index is 1.91. The molecule has 0 bridgehead atoms. The van der Waals surface area contributed by atoms with Gasteiger partial charge in [-0.3, -0.25) is 15.6 Å². The minimum Gasteiger partial charge on any atom is -0.378 e. The number of amides is 1. The maximum absolute atomic E-state index is 14.6. The summed E-state index contributed by atoms with van der Waals surface area (Å²) >= 11 is 4.89. The fraction of sp³-hybridized carbons (Fsp3) is 0.143. The molecular formula is C21H20F2N6O2S. The molecule has 0 spiro atoms. The number of hydrogen-bond acceptors (Lipinski definition) is 5. The molecule has 0 saturated carbocycles. The third-order valence-electron chi connectivity index (χ3n) is 4.75. The standard InChI is InChI=1S/C21H20F2N6O2S/c1-13(14-3-5-15(6-4-14)19(30)27-28-20(32)24-2)21(31,10-29-12-25-11-26-29)17-8-7-16(22)9-18(17)23/h3-9,11-12,31H,1,10H2,2H3,(H,27,30)(H2,24,28,32). The Morgan fingerprint density at radius 2 is 1.88 bits per heavy atom. The number of carbonyl (C=O) groups excluding carboxylic acids is 1. The Morgan fingerprint density at radius 3 is 2.47 bits per heavy atom. The number of nitrogens with one attached hydrogen (secondary N) is 3. The van der Waals surface area contributed by atoms with E-state index in [2.05, 4.69) is 32.8 Å². The minimum atomic E-state index is -1.98. The molecule has 32 heavy (non-hydrogen) atoms. The van der Waals surface area contributed by atoms with Crippen LogP contribution in [0.5, 0.6) is 0 Å². The number of thiocarbonyl (C=S) groups is 1. The van der Waals surface area contributed by atoms with Crippen LogP contribution in [0.15, 0.2) is 61.7 Å². The van der Waals surface area contributed by atoms with Crippen LogP contribution in [0, 0.1) is 11.6 Å². The van der Waals surface area contributed by atoms with Gasteiger partial charge in [-0.05, 0) is 47.6 Å². The van der Waals surface area contributed by atoms with Crippen molar-refractivity contribution in [3.05, 3.63) is 90.0 Å². The molecule has 0 aliphatic carbocycles. The fourth-order valence-corrected chi connectivity index (χ4v) is 3.08. The zero-order valence-corrected chi connectivity index (χ0v) is 17.8. The van der Waals surface area contributed by atoms with E-state index in [9.17, 15) is 18.7 Å². The summed E-state index contributed by atoms with van der Waals surface area (Å²) in [6.07, 6.45) is 2.63. The van der Waals surface area contributed by atoms with E-state index >= 15 is 0 Å². The number of rotatable bonds is 6. The van der Waals surface area contributed by atoms with E-state index < -0.39 is 23.1 Å². The third-order valence-corrected chi connectivity index (χ3v) is 5.05. The summed E-state index contributed by atoms with van der Waals surface area (Å²) in [4.78, 5) is 16.0. The first-order valence-electron chi connectivity index (χ1n) is 9.33. The normalized spacial score (nSPS) is 12.5. The Bertz CT molecular complexity index is 1140. The summed E-state index contributed by atoms with van der Waals surface area (Å²) in [5.41, 5.74) is 3.67. The van der Waals surface area contributed by atoms with Crippen molar-refractivity contribution in [2.45, 2.75) is 12.1 Å². The van der Waals surface area contributed by atoms with Gasteiger partial charge in [0.25, 0.3) is 5.91 Å². The number of aliphatic hydroxyl groups is 1. The van der Waals surface area contributed by atoms with Gasteiger partial charge in [0, 0.05) is 24.2 Å². The van der Waals surface area contributed by atoms with Crippen molar-refractivity contribution in [2.75, 3.05) is 7.05 Å². The average Bonchev–Trinajstić information content (AvgIpc) is 3.29. The van der Waals surface area contributed by atoms with Gasteiger partial charge in [-0.25, -0.2) is 18.4 Å². The van der Waals surface area contributed by atoms with Crippen molar-refractivity contribution in [3.8, 4) is 0 Å². The molecular weight excluding hydrogens is 438 g/mol. The first-order valence-corrected chi connectivity index (χ1v) is 9.73. The van der Waals surface area contributed by atoms with Crippen molar-refractivity contribution in [3.63, 3.8) is 0 Å². The third kappa shape index (κ3) is 4.95. The zero-order valence-electron chi connectivity index (χ0n) is 17.0. The largest absolute Gasteiger partial charge is 0.378 e. The van der Waals surface area contributed by atoms with Gasteiger partial charge in [0.15, 0.2) is 5.11 Å². The highest BCUT2D eigenvalue weighted by Gasteiger charge is 2.37. The van der Waals surface area contributed by atoms with Gasteiger partial charge in [-0.15, -0.1) is 0 Å². The second-order valence-electron chi connectivity index (χ2n) is 6.79. The van der Waals surface area contributed by atoms with Crippen molar-refractivity contribution >= 4 is 28.8 Å². The minimum absolute atomic E-state index is 0.125. The molecule has 1 aromatic heterocycles. The number of hydrogen-bond donors (Lipinski definition) is 4. The van der Waals surface area contributed by atoms with Gasteiger partial charge >= 0.3 is 0 Å². The molecule has 8 nitrogen and oxygen atoms in total. The predicted octanol–water partition coefficient (Wildman–Crippen LogP) is 1.90. The second kappa shape index (κ2) is 9.62. The van der Waals surface area contributed by atoms with Crippen LogP contribution in [0.25, 0.3) is 5.57 Å². The molecule has 1 heterocycles. The van der Waals surface area contributed by atoms with Crippen LogP contribution in [0.4, 0.5) is 8.78 Å². The molecule has 2 aromatic carbocycles. The fourth-order valence-electron chi connectivity index (χ4n) is 3.03. The van der Waals surface area contributed by atoms with Gasteiger partial charge in [-0.2, -0.15) is 5.10 Å². The number of carbonyl (C=O) groups is 1. The van der Waals surface area contributed by atoms with E-state index in [1.807, 2.05) is 0 Å². The number of nitrogens with zero attached hydrogens (tertiary/aromatic N) is 3. The lowest BCUT2D eigenvalue weighted by molar-refractivity contribution is 0.0726. The zero-order chi connectivity index (χ0) is 23.3. The van der Waals surface area contributed by atoms with Gasteiger partial charge in [0.2, 0.25) is 0 Å². The molecule has 0 aliphatic rings. The summed E-state index contributed by atoms with van der Waals surface area (Å²) in [6.45, 7) is 3.73. The van der Waals surface area contributed by atoms with Gasteiger partial charge in [0.1, 0.15) is 29.9 Å². The molecule has 0 radical (unpaired) electrons. The molecule has 1 amide bonds. The smallest absolute Gasteiger partial charge is 0.269 e. The van der Waals surface area contributed by atoms with Crippen LogP contribution in [-0.4, -0.2) is 37.9 Å². The summed E-state index contributed by atoms with van der Waals surface area (Å²) in [6, 6.07) is 9.03. The lowest BCUT2D eigenvalue weighted by Gasteiger charge is -2.31. The van der Waals surface area contributed by atoms with E-state index in [1.165, 1.54) is 29.5 Å². The van der Waals surface area contributed by atoms with Crippen LogP contribution in [0.1, 0.15) is 21.5 Å². The Labute approximate surface area is 188 Å². The molecule has 1 atom stereocenters. The van der Waals surface area contributed by atoms with E-state index in [1.54, 1.807) is 19.2 Å². The summed E-state index contributed by atoms with van der Waals surface area (Å²) in [5.74, 6) is -2.15. The molecule has 0 aliphatic heterocycles. The molecule has 4 N–H and O–H groups in total. The lowest BCUT2D eigenvalue weighted by Crippen LogP contribution is -2.45. The van der Waals surface area contributed by atoms with Crippen molar-refractivity contribution in [1.29, 1.82) is 0 Å². The van der Waals surface area contributed by atoms with Gasteiger partial charge in [0.05, 0.1) is 6.54 Å². The van der Waals surface area contributed by atoms with E-state index in [0.29, 0.717) is 17.2 Å². The number of hydrazine groups is 1. The monoisotopic (exact) mass is 458 g/mol. The summed E-state index contributed by atoms with van der Waals surface area (Å²) in [5, 5.41) is 18.4. The first-order chi connectivity index (χ1) is 15.2. The molecule has 3 aromatic rings. The Morgan fingerprint density at radius 1 is 1.19 bits per heavy atom. The topological polar surface area (TPSA) is 104 Å². The second-order valence-corrected chi connectivity index (χ2v) is 7.20.